The van der Waals surface area contributed by atoms with E-state index in [1.54, 1.807) is 4.90 Å². The summed E-state index contributed by atoms with van der Waals surface area (Å²) in [6, 6.07) is 12.8. The van der Waals surface area contributed by atoms with Crippen LogP contribution in [-0.2, 0) is 0 Å². The van der Waals surface area contributed by atoms with Gasteiger partial charge in [-0.2, -0.15) is 5.10 Å². The lowest BCUT2D eigenvalue weighted by atomic mass is 10.2. The van der Waals surface area contributed by atoms with Crippen LogP contribution in [0.4, 0.5) is 0 Å². The van der Waals surface area contributed by atoms with Crippen LogP contribution >= 0.6 is 0 Å². The number of para-hydroxylation sites is 1. The Morgan fingerprint density at radius 3 is 2.65 bits per heavy atom. The number of likely N-dealkylation sites (tertiary alicyclic amines) is 1. The van der Waals surface area contributed by atoms with Crippen LogP contribution in [-0.4, -0.2) is 43.5 Å². The van der Waals surface area contributed by atoms with Crippen molar-refractivity contribution in [1.29, 1.82) is 0 Å². The Morgan fingerprint density at radius 1 is 1.19 bits per heavy atom. The first-order valence-electron chi connectivity index (χ1n) is 8.72. The van der Waals surface area contributed by atoms with Crippen molar-refractivity contribution in [2.75, 3.05) is 13.1 Å². The third-order valence-electron chi connectivity index (χ3n) is 4.81. The Labute approximate surface area is 150 Å². The molecule has 1 amide bonds. The van der Waals surface area contributed by atoms with Crippen molar-refractivity contribution in [3.63, 3.8) is 0 Å². The second kappa shape index (κ2) is 6.33. The van der Waals surface area contributed by atoms with Gasteiger partial charge in [-0.3, -0.25) is 19.4 Å². The number of carbonyl (C=O) groups excluding carboxylic acids is 1. The second-order valence-corrected chi connectivity index (χ2v) is 6.74. The van der Waals surface area contributed by atoms with E-state index in [4.69, 9.17) is 0 Å². The van der Waals surface area contributed by atoms with Crippen molar-refractivity contribution < 1.29 is 4.79 Å². The minimum atomic E-state index is -0.242. The van der Waals surface area contributed by atoms with Gasteiger partial charge in [0, 0.05) is 24.8 Å². The van der Waals surface area contributed by atoms with Crippen LogP contribution in [0.15, 0.2) is 47.3 Å². The van der Waals surface area contributed by atoms with Gasteiger partial charge >= 0.3 is 0 Å². The summed E-state index contributed by atoms with van der Waals surface area (Å²) in [7, 11) is 0. The van der Waals surface area contributed by atoms with Crippen molar-refractivity contribution in [2.45, 2.75) is 26.3 Å². The van der Waals surface area contributed by atoms with E-state index in [-0.39, 0.29) is 17.5 Å². The summed E-state index contributed by atoms with van der Waals surface area (Å²) in [6.07, 6.45) is 0.858. The van der Waals surface area contributed by atoms with Gasteiger partial charge in [0.1, 0.15) is 5.69 Å². The molecule has 3 aromatic rings. The largest absolute Gasteiger partial charge is 0.335 e. The fraction of sp³-hybridized carbons (Fsp3) is 0.316. The van der Waals surface area contributed by atoms with Gasteiger partial charge in [0.2, 0.25) is 0 Å². The van der Waals surface area contributed by atoms with E-state index in [1.807, 2.05) is 54.9 Å². The topological polar surface area (TPSA) is 75.9 Å². The molecule has 1 aliphatic rings. The molecule has 134 valence electrons. The lowest BCUT2D eigenvalue weighted by Gasteiger charge is -2.16. The Balaban J connectivity index is 1.54. The lowest BCUT2D eigenvalue weighted by molar-refractivity contribution is 0.0780. The molecule has 0 bridgehead atoms. The average Bonchev–Trinajstić information content (AvgIpc) is 3.33. The number of aromatic nitrogens is 4. The summed E-state index contributed by atoms with van der Waals surface area (Å²) in [5.41, 5.74) is 2.86. The zero-order chi connectivity index (χ0) is 18.3. The minimum absolute atomic E-state index is 0.152. The van der Waals surface area contributed by atoms with Crippen molar-refractivity contribution in [3.8, 4) is 5.69 Å². The molecule has 4 rings (SSSR count). The predicted octanol–water partition coefficient (Wildman–Crippen LogP) is 2.07. The van der Waals surface area contributed by atoms with Crippen LogP contribution in [0.5, 0.6) is 0 Å². The quantitative estimate of drug-likeness (QED) is 0.785. The Hall–Kier alpha value is -3.09. The monoisotopic (exact) mass is 351 g/mol. The van der Waals surface area contributed by atoms with Crippen LogP contribution in [0, 0.1) is 13.8 Å². The standard InChI is InChI=1S/C19H21N5O2/c1-13-10-14(2)23(20-13)16-8-9-22(12-16)19(26)17-11-18(25)24(21-17)15-6-4-3-5-7-15/h3-7,10-11,16,21H,8-9,12H2,1-2H3. The molecule has 1 unspecified atom stereocenters. The van der Waals surface area contributed by atoms with Crippen LogP contribution < -0.4 is 5.56 Å². The molecular formula is C19H21N5O2. The zero-order valence-corrected chi connectivity index (χ0v) is 14.8. The summed E-state index contributed by atoms with van der Waals surface area (Å²) in [5.74, 6) is -0.152. The number of hydrogen-bond donors (Lipinski definition) is 1. The van der Waals surface area contributed by atoms with E-state index in [2.05, 4.69) is 10.2 Å². The first-order valence-corrected chi connectivity index (χ1v) is 8.72. The molecular weight excluding hydrogens is 330 g/mol. The zero-order valence-electron chi connectivity index (χ0n) is 14.8. The molecule has 0 radical (unpaired) electrons. The molecule has 1 N–H and O–H groups in total. The van der Waals surface area contributed by atoms with Gasteiger partial charge in [-0.15, -0.1) is 0 Å². The molecule has 7 heteroatoms. The molecule has 1 fully saturated rings. The fourth-order valence-electron chi connectivity index (χ4n) is 3.59. The van der Waals surface area contributed by atoms with Crippen LogP contribution in [0.3, 0.4) is 0 Å². The maximum atomic E-state index is 12.8. The first-order chi connectivity index (χ1) is 12.5. The predicted molar refractivity (Wildman–Crippen MR) is 97.6 cm³/mol. The fourth-order valence-corrected chi connectivity index (χ4v) is 3.59. The lowest BCUT2D eigenvalue weighted by Crippen LogP contribution is -2.29. The van der Waals surface area contributed by atoms with Crippen LogP contribution in [0.1, 0.15) is 34.3 Å². The maximum Gasteiger partial charge on any atom is 0.272 e. The number of hydrogen-bond acceptors (Lipinski definition) is 3. The molecule has 7 nitrogen and oxygen atoms in total. The van der Waals surface area contributed by atoms with Crippen LogP contribution in [0.25, 0.3) is 5.69 Å². The van der Waals surface area contributed by atoms with E-state index in [0.29, 0.717) is 24.5 Å². The molecule has 3 heterocycles. The highest BCUT2D eigenvalue weighted by molar-refractivity contribution is 5.92. The number of amides is 1. The van der Waals surface area contributed by atoms with Gasteiger partial charge < -0.3 is 4.90 Å². The van der Waals surface area contributed by atoms with E-state index in [1.165, 1.54) is 10.7 Å². The van der Waals surface area contributed by atoms with E-state index in [0.717, 1.165) is 17.8 Å². The number of H-pyrrole nitrogens is 1. The van der Waals surface area contributed by atoms with E-state index < -0.39 is 0 Å². The first kappa shape index (κ1) is 16.4. The smallest absolute Gasteiger partial charge is 0.272 e. The highest BCUT2D eigenvalue weighted by atomic mass is 16.2. The number of aromatic amines is 1. The van der Waals surface area contributed by atoms with Crippen molar-refractivity contribution in [2.24, 2.45) is 0 Å². The van der Waals surface area contributed by atoms with Crippen molar-refractivity contribution in [1.82, 2.24) is 24.5 Å². The number of aryl methyl sites for hydroxylation is 2. The number of nitrogens with one attached hydrogen (secondary N) is 1. The molecule has 1 atom stereocenters. The minimum Gasteiger partial charge on any atom is -0.335 e. The third-order valence-corrected chi connectivity index (χ3v) is 4.81. The molecule has 0 saturated carbocycles. The van der Waals surface area contributed by atoms with Crippen LogP contribution in [0.2, 0.25) is 0 Å². The molecule has 1 aromatic carbocycles. The van der Waals surface area contributed by atoms with Crippen molar-refractivity contribution in [3.05, 3.63) is 69.9 Å². The van der Waals surface area contributed by atoms with Gasteiger partial charge in [-0.1, -0.05) is 18.2 Å². The highest BCUT2D eigenvalue weighted by Crippen LogP contribution is 2.24. The normalized spacial score (nSPS) is 17.0. The summed E-state index contributed by atoms with van der Waals surface area (Å²) < 4.78 is 3.39. The number of rotatable bonds is 3. The van der Waals surface area contributed by atoms with Gasteiger partial charge in [0.25, 0.3) is 11.5 Å². The molecule has 26 heavy (non-hydrogen) atoms. The maximum absolute atomic E-state index is 12.8. The third kappa shape index (κ3) is 2.85. The Morgan fingerprint density at radius 2 is 1.96 bits per heavy atom. The van der Waals surface area contributed by atoms with Gasteiger partial charge in [0.15, 0.2) is 0 Å². The summed E-state index contributed by atoms with van der Waals surface area (Å²) >= 11 is 0. The molecule has 0 spiro atoms. The second-order valence-electron chi connectivity index (χ2n) is 6.74. The Kier molecular flexibility index (Phi) is 3.99. The average molecular weight is 351 g/mol. The van der Waals surface area contributed by atoms with Gasteiger partial charge in [-0.25, -0.2) is 4.68 Å². The molecule has 2 aromatic heterocycles. The summed E-state index contributed by atoms with van der Waals surface area (Å²) in [4.78, 5) is 26.8. The number of carbonyl (C=O) groups is 1. The van der Waals surface area contributed by atoms with Gasteiger partial charge in [-0.05, 0) is 38.5 Å². The molecule has 0 aliphatic carbocycles. The number of benzene rings is 1. The van der Waals surface area contributed by atoms with E-state index >= 15 is 0 Å². The SMILES string of the molecule is Cc1cc(C)n(C2CCN(C(=O)c3cc(=O)n(-c4ccccc4)[nH]3)C2)n1. The summed E-state index contributed by atoms with van der Waals surface area (Å²) in [5, 5.41) is 7.47. The summed E-state index contributed by atoms with van der Waals surface area (Å²) in [6.45, 7) is 5.25. The molecule has 1 aliphatic heterocycles. The number of nitrogens with zero attached hydrogens (tertiary/aromatic N) is 4. The molecule has 1 saturated heterocycles. The highest BCUT2D eigenvalue weighted by Gasteiger charge is 2.30. The van der Waals surface area contributed by atoms with Gasteiger partial charge in [0.05, 0.1) is 17.4 Å². The van der Waals surface area contributed by atoms with E-state index in [9.17, 15) is 9.59 Å². The Bertz CT molecular complexity index is 999. The van der Waals surface area contributed by atoms with Crippen molar-refractivity contribution >= 4 is 5.91 Å².